The number of amides is 1. The lowest BCUT2D eigenvalue weighted by atomic mass is 10.1. The number of aryl methyl sites for hydroxylation is 2. The van der Waals surface area contributed by atoms with Gasteiger partial charge in [0, 0.05) is 25.2 Å². The number of imidazole rings is 1. The molecule has 0 radical (unpaired) electrons. The molecule has 0 aliphatic carbocycles. The quantitative estimate of drug-likeness (QED) is 0.519. The average molecular weight is 322 g/mol. The van der Waals surface area contributed by atoms with Gasteiger partial charge in [0.25, 0.3) is 0 Å². The van der Waals surface area contributed by atoms with Crippen molar-refractivity contribution in [2.45, 2.75) is 25.8 Å². The van der Waals surface area contributed by atoms with Gasteiger partial charge in [-0.25, -0.2) is 4.98 Å². The third-order valence-electron chi connectivity index (χ3n) is 4.10. The second kappa shape index (κ2) is 7.64. The van der Waals surface area contributed by atoms with Crippen LogP contribution in [0.5, 0.6) is 0 Å². The summed E-state index contributed by atoms with van der Waals surface area (Å²) in [4.78, 5) is 16.3. The van der Waals surface area contributed by atoms with Gasteiger partial charge < -0.3 is 15.6 Å². The highest BCUT2D eigenvalue weighted by atomic mass is 16.1. The fourth-order valence-corrected chi connectivity index (χ4v) is 2.76. The third-order valence-corrected chi connectivity index (χ3v) is 4.10. The number of aromatic nitrogens is 2. The van der Waals surface area contributed by atoms with Crippen LogP contribution in [0, 0.1) is 0 Å². The maximum Gasteiger partial charge on any atom is 0.220 e. The average Bonchev–Trinajstić information content (AvgIpc) is 3.01. The molecule has 0 aliphatic rings. The number of carbonyl (C=O) groups excluding carboxylic acids is 1. The molecular formula is C19H22N4O. The Morgan fingerprint density at radius 2 is 1.92 bits per heavy atom. The molecule has 124 valence electrons. The van der Waals surface area contributed by atoms with Crippen LogP contribution in [0.4, 0.5) is 5.69 Å². The molecular weight excluding hydrogens is 300 g/mol. The fourth-order valence-electron chi connectivity index (χ4n) is 2.76. The Balaban J connectivity index is 1.40. The minimum absolute atomic E-state index is 0.0637. The number of nitrogens with one attached hydrogen (secondary N) is 1. The van der Waals surface area contributed by atoms with Gasteiger partial charge in [-0.05, 0) is 36.6 Å². The first-order valence-electron chi connectivity index (χ1n) is 8.24. The van der Waals surface area contributed by atoms with Crippen LogP contribution in [0.1, 0.15) is 18.4 Å². The molecule has 1 aromatic heterocycles. The van der Waals surface area contributed by atoms with E-state index in [1.165, 1.54) is 0 Å². The smallest absolute Gasteiger partial charge is 0.220 e. The number of hydrogen-bond acceptors (Lipinski definition) is 3. The zero-order valence-electron chi connectivity index (χ0n) is 13.6. The van der Waals surface area contributed by atoms with E-state index in [0.29, 0.717) is 19.4 Å². The maximum atomic E-state index is 11.9. The summed E-state index contributed by atoms with van der Waals surface area (Å²) in [7, 11) is 0. The van der Waals surface area contributed by atoms with E-state index < -0.39 is 0 Å². The Labute approximate surface area is 141 Å². The zero-order chi connectivity index (χ0) is 16.8. The number of benzene rings is 2. The van der Waals surface area contributed by atoms with Gasteiger partial charge in [-0.2, -0.15) is 0 Å². The van der Waals surface area contributed by atoms with Gasteiger partial charge >= 0.3 is 0 Å². The summed E-state index contributed by atoms with van der Waals surface area (Å²) in [6.45, 7) is 1.50. The number of nitrogens with zero attached hydrogens (tertiary/aromatic N) is 2. The summed E-state index contributed by atoms with van der Waals surface area (Å²) in [5.41, 5.74) is 9.79. The van der Waals surface area contributed by atoms with Crippen LogP contribution >= 0.6 is 0 Å². The van der Waals surface area contributed by atoms with Crippen LogP contribution in [0.3, 0.4) is 0 Å². The highest BCUT2D eigenvalue weighted by Crippen LogP contribution is 2.13. The summed E-state index contributed by atoms with van der Waals surface area (Å²) >= 11 is 0. The van der Waals surface area contributed by atoms with E-state index in [2.05, 4.69) is 20.9 Å². The number of carbonyl (C=O) groups is 1. The van der Waals surface area contributed by atoms with E-state index in [4.69, 9.17) is 5.73 Å². The Kier molecular flexibility index (Phi) is 5.11. The van der Waals surface area contributed by atoms with Crippen molar-refractivity contribution in [2.75, 3.05) is 12.3 Å². The molecule has 2 aromatic carbocycles. The predicted molar refractivity (Wildman–Crippen MR) is 96.5 cm³/mol. The number of rotatable bonds is 7. The van der Waals surface area contributed by atoms with Crippen LogP contribution in [-0.4, -0.2) is 22.0 Å². The molecule has 0 saturated heterocycles. The van der Waals surface area contributed by atoms with Crippen LogP contribution in [-0.2, 0) is 17.8 Å². The minimum atomic E-state index is 0.0637. The largest absolute Gasteiger partial charge is 0.399 e. The number of fused-ring (bicyclic) bond motifs is 1. The second-order valence-corrected chi connectivity index (χ2v) is 5.83. The summed E-state index contributed by atoms with van der Waals surface area (Å²) in [6.07, 6.45) is 3.86. The van der Waals surface area contributed by atoms with Gasteiger partial charge in [-0.1, -0.05) is 30.3 Å². The first-order chi connectivity index (χ1) is 11.7. The SMILES string of the molecule is Nc1ccccc1CCC(=O)NCCCn1cnc2ccccc21. The van der Waals surface area contributed by atoms with Crippen molar-refractivity contribution in [2.24, 2.45) is 0 Å². The van der Waals surface area contributed by atoms with Gasteiger partial charge in [0.15, 0.2) is 0 Å². The molecule has 0 fully saturated rings. The van der Waals surface area contributed by atoms with E-state index in [1.54, 1.807) is 0 Å². The molecule has 0 atom stereocenters. The monoisotopic (exact) mass is 322 g/mol. The van der Waals surface area contributed by atoms with Gasteiger partial charge in [0.05, 0.1) is 17.4 Å². The number of nitrogen functional groups attached to an aromatic ring is 1. The van der Waals surface area contributed by atoms with Crippen LogP contribution in [0.15, 0.2) is 54.9 Å². The Morgan fingerprint density at radius 3 is 2.79 bits per heavy atom. The summed E-state index contributed by atoms with van der Waals surface area (Å²) in [5.74, 6) is 0.0637. The van der Waals surface area contributed by atoms with Gasteiger partial charge in [-0.3, -0.25) is 4.79 Å². The molecule has 0 saturated carbocycles. The lowest BCUT2D eigenvalue weighted by molar-refractivity contribution is -0.121. The van der Waals surface area contributed by atoms with Gasteiger partial charge in [-0.15, -0.1) is 0 Å². The van der Waals surface area contributed by atoms with Crippen molar-refractivity contribution >= 4 is 22.6 Å². The molecule has 24 heavy (non-hydrogen) atoms. The Hall–Kier alpha value is -2.82. The second-order valence-electron chi connectivity index (χ2n) is 5.83. The first kappa shape index (κ1) is 16.1. The van der Waals surface area contributed by atoms with Gasteiger partial charge in [0.2, 0.25) is 5.91 Å². The number of hydrogen-bond donors (Lipinski definition) is 2. The molecule has 5 nitrogen and oxygen atoms in total. The highest BCUT2D eigenvalue weighted by molar-refractivity contribution is 5.76. The molecule has 0 bridgehead atoms. The fraction of sp³-hybridized carbons (Fsp3) is 0.263. The topological polar surface area (TPSA) is 72.9 Å². The normalized spacial score (nSPS) is 10.8. The molecule has 0 spiro atoms. The first-order valence-corrected chi connectivity index (χ1v) is 8.24. The Bertz CT molecular complexity index is 825. The standard InChI is InChI=1S/C19H22N4O/c20-16-7-2-1-6-15(16)10-11-19(24)21-12-5-13-23-14-22-17-8-3-4-9-18(17)23/h1-4,6-9,14H,5,10-13,20H2,(H,21,24). The van der Waals surface area contributed by atoms with Crippen molar-refractivity contribution in [3.8, 4) is 0 Å². The van der Waals surface area contributed by atoms with Crippen molar-refractivity contribution in [1.29, 1.82) is 0 Å². The van der Waals surface area contributed by atoms with Crippen LogP contribution < -0.4 is 11.1 Å². The van der Waals surface area contributed by atoms with Gasteiger partial charge in [0.1, 0.15) is 0 Å². The van der Waals surface area contributed by atoms with E-state index in [-0.39, 0.29) is 5.91 Å². The molecule has 5 heteroatoms. The maximum absolute atomic E-state index is 11.9. The highest BCUT2D eigenvalue weighted by Gasteiger charge is 2.05. The minimum Gasteiger partial charge on any atom is -0.399 e. The molecule has 3 rings (SSSR count). The Morgan fingerprint density at radius 1 is 1.12 bits per heavy atom. The molecule has 0 aliphatic heterocycles. The van der Waals surface area contributed by atoms with Crippen LogP contribution in [0.25, 0.3) is 11.0 Å². The van der Waals surface area contributed by atoms with Crippen molar-refractivity contribution in [3.05, 3.63) is 60.4 Å². The zero-order valence-corrected chi connectivity index (χ0v) is 13.6. The molecule has 0 unspecified atom stereocenters. The molecule has 3 N–H and O–H groups in total. The number of anilines is 1. The molecule has 1 heterocycles. The predicted octanol–water partition coefficient (Wildman–Crippen LogP) is 2.76. The summed E-state index contributed by atoms with van der Waals surface area (Å²) in [6, 6.07) is 15.7. The lowest BCUT2D eigenvalue weighted by Gasteiger charge is -2.08. The van der Waals surface area contributed by atoms with E-state index in [0.717, 1.165) is 35.2 Å². The van der Waals surface area contributed by atoms with E-state index >= 15 is 0 Å². The summed E-state index contributed by atoms with van der Waals surface area (Å²) in [5, 5.41) is 2.97. The van der Waals surface area contributed by atoms with Crippen molar-refractivity contribution in [1.82, 2.24) is 14.9 Å². The third kappa shape index (κ3) is 3.93. The van der Waals surface area contributed by atoms with E-state index in [1.807, 2.05) is 48.8 Å². The van der Waals surface area contributed by atoms with Crippen molar-refractivity contribution in [3.63, 3.8) is 0 Å². The number of para-hydroxylation sites is 3. The van der Waals surface area contributed by atoms with Crippen LogP contribution in [0.2, 0.25) is 0 Å². The molecule has 3 aromatic rings. The van der Waals surface area contributed by atoms with Crippen molar-refractivity contribution < 1.29 is 4.79 Å². The molecule has 1 amide bonds. The summed E-state index contributed by atoms with van der Waals surface area (Å²) < 4.78 is 2.12. The lowest BCUT2D eigenvalue weighted by Crippen LogP contribution is -2.25. The number of nitrogens with two attached hydrogens (primary N) is 1. The van der Waals surface area contributed by atoms with E-state index in [9.17, 15) is 4.79 Å².